The van der Waals surface area contributed by atoms with Crippen molar-refractivity contribution in [1.82, 2.24) is 4.98 Å². The Bertz CT molecular complexity index is 853. The van der Waals surface area contributed by atoms with E-state index in [1.807, 2.05) is 6.92 Å². The second kappa shape index (κ2) is 6.99. The lowest BCUT2D eigenvalue weighted by molar-refractivity contribution is -0.137. The van der Waals surface area contributed by atoms with Gasteiger partial charge in [0, 0.05) is 17.5 Å². The molecule has 2 N–H and O–H groups in total. The van der Waals surface area contributed by atoms with E-state index in [0.717, 1.165) is 29.5 Å². The molecule has 5 nitrogen and oxygen atoms in total. The molecule has 0 unspecified atom stereocenters. The highest BCUT2D eigenvalue weighted by atomic mass is 32.2. The third-order valence-corrected chi connectivity index (χ3v) is 4.95. The number of hydrogen-bond acceptors (Lipinski definition) is 4. The number of carbonyl (C=O) groups is 2. The normalized spacial score (nSPS) is 16.6. The van der Waals surface area contributed by atoms with E-state index >= 15 is 0 Å². The number of fused-ring (bicyclic) bond motifs is 1. The molecular weight excluding hydrogens is 367 g/mol. The summed E-state index contributed by atoms with van der Waals surface area (Å²) in [6.07, 6.45) is -3.00. The van der Waals surface area contributed by atoms with Crippen molar-refractivity contribution < 1.29 is 22.8 Å². The predicted octanol–water partition coefficient (Wildman–Crippen LogP) is 3.85. The molecule has 2 heterocycles. The minimum atomic E-state index is -4.48. The monoisotopic (exact) mass is 381 g/mol. The molecule has 2 amide bonds. The number of amides is 2. The number of nitrogens with one attached hydrogen (secondary N) is 2. The maximum atomic E-state index is 12.8. The Balaban J connectivity index is 1.68. The van der Waals surface area contributed by atoms with Crippen LogP contribution < -0.4 is 10.6 Å². The Hall–Kier alpha value is -2.55. The van der Waals surface area contributed by atoms with Crippen LogP contribution in [-0.4, -0.2) is 22.0 Å². The number of halogens is 3. The van der Waals surface area contributed by atoms with Crippen molar-refractivity contribution in [1.29, 1.82) is 0 Å². The average molecular weight is 381 g/mol. The molecule has 1 atom stereocenters. The van der Waals surface area contributed by atoms with Crippen LogP contribution in [0, 0.1) is 6.92 Å². The first-order chi connectivity index (χ1) is 12.2. The molecule has 1 aromatic carbocycles. The largest absolute Gasteiger partial charge is 0.416 e. The molecule has 0 aliphatic carbocycles. The number of nitrogens with zero attached hydrogens (tertiary/aromatic N) is 1. The Morgan fingerprint density at radius 2 is 2.08 bits per heavy atom. The smallest absolute Gasteiger partial charge is 0.324 e. The number of thioether (sulfide) groups is 1. The molecule has 3 rings (SSSR count). The fraction of sp³-hybridized carbons (Fsp3) is 0.235. The number of anilines is 2. The van der Waals surface area contributed by atoms with Gasteiger partial charge in [0.1, 0.15) is 5.82 Å². The van der Waals surface area contributed by atoms with Crippen LogP contribution in [0.2, 0.25) is 0 Å². The first kappa shape index (κ1) is 18.2. The van der Waals surface area contributed by atoms with E-state index in [1.165, 1.54) is 6.07 Å². The number of rotatable bonds is 3. The summed E-state index contributed by atoms with van der Waals surface area (Å²) in [5.74, 6) is -0.532. The predicted molar refractivity (Wildman–Crippen MR) is 91.9 cm³/mol. The third kappa shape index (κ3) is 4.16. The van der Waals surface area contributed by atoms with Crippen LogP contribution in [0.25, 0.3) is 0 Å². The lowest BCUT2D eigenvalue weighted by Gasteiger charge is -2.24. The van der Waals surface area contributed by atoms with Crippen LogP contribution >= 0.6 is 11.8 Å². The highest BCUT2D eigenvalue weighted by Gasteiger charge is 2.34. The zero-order valence-electron chi connectivity index (χ0n) is 13.6. The molecule has 0 radical (unpaired) electrons. The second-order valence-corrected chi connectivity index (χ2v) is 7.02. The van der Waals surface area contributed by atoms with Crippen LogP contribution in [0.3, 0.4) is 0 Å². The quantitative estimate of drug-likeness (QED) is 0.847. The molecule has 1 aliphatic rings. The van der Waals surface area contributed by atoms with E-state index in [0.29, 0.717) is 10.7 Å². The summed E-state index contributed by atoms with van der Waals surface area (Å²) in [4.78, 5) is 28.8. The minimum Gasteiger partial charge on any atom is -0.324 e. The summed E-state index contributed by atoms with van der Waals surface area (Å²) in [5, 5.41) is 4.31. The lowest BCUT2D eigenvalue weighted by atomic mass is 10.1. The van der Waals surface area contributed by atoms with E-state index in [4.69, 9.17) is 0 Å². The van der Waals surface area contributed by atoms with Crippen LogP contribution in [-0.2, 0) is 15.8 Å². The topological polar surface area (TPSA) is 71.1 Å². The average Bonchev–Trinajstić information content (AvgIpc) is 2.56. The summed E-state index contributed by atoms with van der Waals surface area (Å²) < 4.78 is 38.3. The molecule has 26 heavy (non-hydrogen) atoms. The van der Waals surface area contributed by atoms with Crippen molar-refractivity contribution in [3.63, 3.8) is 0 Å². The molecule has 1 aromatic heterocycles. The Morgan fingerprint density at radius 3 is 2.73 bits per heavy atom. The summed E-state index contributed by atoms with van der Waals surface area (Å²) in [6, 6.07) is 6.59. The van der Waals surface area contributed by atoms with Crippen LogP contribution in [0.5, 0.6) is 0 Å². The van der Waals surface area contributed by atoms with Crippen molar-refractivity contribution in [3.8, 4) is 0 Å². The highest BCUT2D eigenvalue weighted by Crippen LogP contribution is 2.40. The molecule has 136 valence electrons. The van der Waals surface area contributed by atoms with Gasteiger partial charge in [-0.3, -0.25) is 9.59 Å². The zero-order chi connectivity index (χ0) is 18.9. The number of hydrogen-bond donors (Lipinski definition) is 2. The molecule has 0 saturated carbocycles. The molecule has 0 spiro atoms. The van der Waals surface area contributed by atoms with Crippen molar-refractivity contribution in [2.24, 2.45) is 0 Å². The van der Waals surface area contributed by atoms with E-state index in [-0.39, 0.29) is 12.1 Å². The first-order valence-electron chi connectivity index (χ1n) is 7.63. The molecule has 9 heteroatoms. The molecule has 0 fully saturated rings. The second-order valence-electron chi connectivity index (χ2n) is 5.78. The number of alkyl halides is 3. The summed E-state index contributed by atoms with van der Waals surface area (Å²) in [7, 11) is 0. The number of benzene rings is 1. The summed E-state index contributed by atoms with van der Waals surface area (Å²) in [6.45, 7) is 1.86. The van der Waals surface area contributed by atoms with Gasteiger partial charge >= 0.3 is 6.18 Å². The maximum absolute atomic E-state index is 12.8. The third-order valence-electron chi connectivity index (χ3n) is 3.68. The van der Waals surface area contributed by atoms with Gasteiger partial charge in [0.05, 0.1) is 16.5 Å². The van der Waals surface area contributed by atoms with Crippen molar-refractivity contribution in [3.05, 3.63) is 47.7 Å². The molecule has 0 saturated heterocycles. The molecule has 1 aliphatic heterocycles. The summed E-state index contributed by atoms with van der Waals surface area (Å²) >= 11 is 1.07. The van der Waals surface area contributed by atoms with Crippen molar-refractivity contribution in [2.45, 2.75) is 29.7 Å². The molecule has 0 bridgehead atoms. The van der Waals surface area contributed by atoms with Gasteiger partial charge in [0.2, 0.25) is 11.8 Å². The number of aromatic nitrogens is 1. The van der Waals surface area contributed by atoms with Gasteiger partial charge in [-0.1, -0.05) is 6.07 Å². The van der Waals surface area contributed by atoms with Gasteiger partial charge < -0.3 is 10.6 Å². The highest BCUT2D eigenvalue weighted by molar-refractivity contribution is 8.01. The van der Waals surface area contributed by atoms with Crippen LogP contribution in [0.1, 0.15) is 17.5 Å². The first-order valence-corrected chi connectivity index (χ1v) is 8.51. The van der Waals surface area contributed by atoms with E-state index in [9.17, 15) is 22.8 Å². The van der Waals surface area contributed by atoms with Gasteiger partial charge in [-0.2, -0.15) is 13.2 Å². The Labute approximate surface area is 151 Å². The van der Waals surface area contributed by atoms with Crippen LogP contribution in [0.15, 0.2) is 41.4 Å². The fourth-order valence-electron chi connectivity index (χ4n) is 2.37. The van der Waals surface area contributed by atoms with E-state index in [1.54, 1.807) is 18.3 Å². The number of pyridine rings is 1. The Morgan fingerprint density at radius 1 is 1.31 bits per heavy atom. The standard InChI is InChI=1S/C17H14F3N3O2S/c1-9-2-5-14(21-8-9)23-15(24)7-13-16(25)22-11-6-10(17(18,19)20)3-4-12(11)26-13/h2-6,8,13H,7H2,1H3,(H,22,25)(H,21,23,24)/t13-/m0/s1. The van der Waals surface area contributed by atoms with E-state index in [2.05, 4.69) is 15.6 Å². The number of carbonyl (C=O) groups excluding carboxylic acids is 2. The van der Waals surface area contributed by atoms with Gasteiger partial charge in [-0.05, 0) is 36.8 Å². The fourth-order valence-corrected chi connectivity index (χ4v) is 3.46. The van der Waals surface area contributed by atoms with Crippen LogP contribution in [0.4, 0.5) is 24.7 Å². The lowest BCUT2D eigenvalue weighted by Crippen LogP contribution is -2.32. The molecular formula is C17H14F3N3O2S. The van der Waals surface area contributed by atoms with E-state index < -0.39 is 28.8 Å². The molecule has 2 aromatic rings. The van der Waals surface area contributed by atoms with Gasteiger partial charge in [0.25, 0.3) is 0 Å². The minimum absolute atomic E-state index is 0.103. The zero-order valence-corrected chi connectivity index (χ0v) is 14.4. The van der Waals surface area contributed by atoms with Crippen molar-refractivity contribution in [2.75, 3.05) is 10.6 Å². The van der Waals surface area contributed by atoms with Gasteiger partial charge in [-0.25, -0.2) is 4.98 Å². The van der Waals surface area contributed by atoms with Gasteiger partial charge in [-0.15, -0.1) is 11.8 Å². The summed E-state index contributed by atoms with van der Waals surface area (Å²) in [5.41, 5.74) is 0.213. The van der Waals surface area contributed by atoms with Gasteiger partial charge in [0.15, 0.2) is 0 Å². The Kier molecular flexibility index (Phi) is 4.90. The number of aryl methyl sites for hydroxylation is 1. The SMILES string of the molecule is Cc1ccc(NC(=O)C[C@@H]2Sc3ccc(C(F)(F)F)cc3NC2=O)nc1. The maximum Gasteiger partial charge on any atom is 0.416 e. The van der Waals surface area contributed by atoms with Crippen molar-refractivity contribution >= 4 is 35.1 Å².